The third-order valence-corrected chi connectivity index (χ3v) is 2.16. The van der Waals surface area contributed by atoms with E-state index < -0.39 is 12.1 Å². The van der Waals surface area contributed by atoms with E-state index in [1.807, 2.05) is 20.8 Å². The molecule has 5 nitrogen and oxygen atoms in total. The summed E-state index contributed by atoms with van der Waals surface area (Å²) in [5, 5.41) is 21.8. The summed E-state index contributed by atoms with van der Waals surface area (Å²) in [6.07, 6.45) is -0.812. The molecular formula is C12H18N2O3. The van der Waals surface area contributed by atoms with Crippen molar-refractivity contribution >= 4 is 5.97 Å². The molecule has 0 unspecified atom stereocenters. The molecule has 0 bridgehead atoms. The number of hydrogen-bond donors (Lipinski definition) is 3. The lowest BCUT2D eigenvalue weighted by Gasteiger charge is -2.22. The number of aliphatic hydroxyl groups is 1. The molecule has 0 aliphatic carbocycles. The van der Waals surface area contributed by atoms with Crippen LogP contribution in [0.5, 0.6) is 0 Å². The molecule has 1 heterocycles. The summed E-state index contributed by atoms with van der Waals surface area (Å²) in [6.45, 7) is 6.29. The summed E-state index contributed by atoms with van der Waals surface area (Å²) in [4.78, 5) is 14.6. The van der Waals surface area contributed by atoms with Crippen LogP contribution in [0.25, 0.3) is 0 Å². The number of aromatic nitrogens is 1. The van der Waals surface area contributed by atoms with Crippen molar-refractivity contribution in [3.63, 3.8) is 0 Å². The van der Waals surface area contributed by atoms with Crippen LogP contribution < -0.4 is 5.32 Å². The standard InChI is InChI=1S/C12H18N2O3/c1-12(2,3)13-7-10(15)8-5-4-6-9(14-8)11(16)17/h4-6,10,13,15H,7H2,1-3H3,(H,16,17)/t10-/m0/s1. The predicted octanol–water partition coefficient (Wildman–Crippen LogP) is 1.20. The second kappa shape index (κ2) is 5.25. The molecule has 3 N–H and O–H groups in total. The molecule has 0 amide bonds. The Kier molecular flexibility index (Phi) is 4.20. The van der Waals surface area contributed by atoms with Crippen molar-refractivity contribution in [1.29, 1.82) is 0 Å². The molecule has 17 heavy (non-hydrogen) atoms. The number of hydrogen-bond acceptors (Lipinski definition) is 4. The molecule has 1 atom stereocenters. The van der Waals surface area contributed by atoms with Crippen LogP contribution in [-0.2, 0) is 0 Å². The summed E-state index contributed by atoms with van der Waals surface area (Å²) in [5.74, 6) is -1.09. The first-order valence-electron chi connectivity index (χ1n) is 5.43. The van der Waals surface area contributed by atoms with Crippen molar-refractivity contribution in [3.05, 3.63) is 29.6 Å². The number of nitrogens with one attached hydrogen (secondary N) is 1. The molecule has 94 valence electrons. The summed E-state index contributed by atoms with van der Waals surface area (Å²) in [7, 11) is 0. The third-order valence-electron chi connectivity index (χ3n) is 2.16. The second-order valence-corrected chi connectivity index (χ2v) is 4.90. The van der Waals surface area contributed by atoms with Crippen LogP contribution in [0.2, 0.25) is 0 Å². The lowest BCUT2D eigenvalue weighted by molar-refractivity contribution is 0.0689. The van der Waals surface area contributed by atoms with Crippen LogP contribution in [0.1, 0.15) is 43.1 Å². The van der Waals surface area contributed by atoms with Gasteiger partial charge in [-0.25, -0.2) is 9.78 Å². The van der Waals surface area contributed by atoms with Gasteiger partial charge in [-0.1, -0.05) is 6.07 Å². The summed E-state index contributed by atoms with van der Waals surface area (Å²) in [6, 6.07) is 4.59. The van der Waals surface area contributed by atoms with E-state index in [0.29, 0.717) is 12.2 Å². The van der Waals surface area contributed by atoms with Gasteiger partial charge in [0, 0.05) is 12.1 Å². The van der Waals surface area contributed by atoms with E-state index >= 15 is 0 Å². The maximum Gasteiger partial charge on any atom is 0.354 e. The minimum absolute atomic E-state index is 0.0580. The minimum Gasteiger partial charge on any atom is -0.477 e. The van der Waals surface area contributed by atoms with Crippen molar-refractivity contribution < 1.29 is 15.0 Å². The highest BCUT2D eigenvalue weighted by atomic mass is 16.4. The molecule has 0 aliphatic rings. The molecule has 5 heteroatoms. The summed E-state index contributed by atoms with van der Waals surface area (Å²) >= 11 is 0. The van der Waals surface area contributed by atoms with E-state index in [9.17, 15) is 9.90 Å². The highest BCUT2D eigenvalue weighted by Crippen LogP contribution is 2.11. The van der Waals surface area contributed by atoms with Gasteiger partial charge in [-0.15, -0.1) is 0 Å². The predicted molar refractivity (Wildman–Crippen MR) is 63.9 cm³/mol. The maximum absolute atomic E-state index is 10.7. The largest absolute Gasteiger partial charge is 0.477 e. The zero-order valence-electron chi connectivity index (χ0n) is 10.3. The smallest absolute Gasteiger partial charge is 0.354 e. The van der Waals surface area contributed by atoms with Crippen LogP contribution in [-0.4, -0.2) is 33.3 Å². The van der Waals surface area contributed by atoms with E-state index in [4.69, 9.17) is 5.11 Å². The van der Waals surface area contributed by atoms with Crippen molar-refractivity contribution in [2.24, 2.45) is 0 Å². The number of pyridine rings is 1. The van der Waals surface area contributed by atoms with Gasteiger partial charge in [0.2, 0.25) is 0 Å². The Hall–Kier alpha value is -1.46. The molecule has 0 fully saturated rings. The first-order valence-corrected chi connectivity index (χ1v) is 5.43. The topological polar surface area (TPSA) is 82.5 Å². The van der Waals surface area contributed by atoms with Crippen LogP contribution >= 0.6 is 0 Å². The zero-order chi connectivity index (χ0) is 13.1. The normalized spacial score (nSPS) is 13.4. The van der Waals surface area contributed by atoms with Crippen LogP contribution in [0.4, 0.5) is 0 Å². The number of carboxylic acid groups (broad SMARTS) is 1. The van der Waals surface area contributed by atoms with Crippen LogP contribution in [0.3, 0.4) is 0 Å². The quantitative estimate of drug-likeness (QED) is 0.734. The molecule has 1 aromatic heterocycles. The molecule has 0 aromatic carbocycles. The maximum atomic E-state index is 10.7. The number of aliphatic hydroxyl groups excluding tert-OH is 1. The highest BCUT2D eigenvalue weighted by Gasteiger charge is 2.15. The molecule has 0 aliphatic heterocycles. The lowest BCUT2D eigenvalue weighted by atomic mass is 10.1. The first-order chi connectivity index (χ1) is 7.79. The minimum atomic E-state index is -1.09. The molecule has 0 radical (unpaired) electrons. The Morgan fingerprint density at radius 1 is 1.47 bits per heavy atom. The Bertz CT molecular complexity index is 399. The molecule has 0 saturated carbocycles. The fraction of sp³-hybridized carbons (Fsp3) is 0.500. The van der Waals surface area contributed by atoms with Gasteiger partial charge in [-0.05, 0) is 32.9 Å². The van der Waals surface area contributed by atoms with Crippen molar-refractivity contribution in [2.75, 3.05) is 6.54 Å². The van der Waals surface area contributed by atoms with Crippen molar-refractivity contribution in [1.82, 2.24) is 10.3 Å². The molecule has 0 spiro atoms. The van der Waals surface area contributed by atoms with Crippen molar-refractivity contribution in [3.8, 4) is 0 Å². The molecule has 1 aromatic rings. The monoisotopic (exact) mass is 238 g/mol. The van der Waals surface area contributed by atoms with Gasteiger partial charge in [-0.2, -0.15) is 0 Å². The van der Waals surface area contributed by atoms with Gasteiger partial charge in [0.1, 0.15) is 11.8 Å². The van der Waals surface area contributed by atoms with Gasteiger partial charge in [0.05, 0.1) is 5.69 Å². The number of nitrogens with zero attached hydrogens (tertiary/aromatic N) is 1. The third kappa shape index (κ3) is 4.50. The fourth-order valence-corrected chi connectivity index (χ4v) is 1.26. The first kappa shape index (κ1) is 13.6. The molecule has 1 rings (SSSR count). The number of β-amino-alcohol motifs (C(OH)–C–C–N with tert-alkyl or cyclic N) is 1. The molecule has 0 saturated heterocycles. The van der Waals surface area contributed by atoms with Gasteiger partial charge in [0.25, 0.3) is 0 Å². The average molecular weight is 238 g/mol. The SMILES string of the molecule is CC(C)(C)NC[C@H](O)c1cccc(C(=O)O)n1. The van der Waals surface area contributed by atoms with Gasteiger partial charge in [0.15, 0.2) is 0 Å². The van der Waals surface area contributed by atoms with E-state index in [0.717, 1.165) is 0 Å². The van der Waals surface area contributed by atoms with Crippen LogP contribution in [0, 0.1) is 0 Å². The van der Waals surface area contributed by atoms with E-state index in [-0.39, 0.29) is 11.2 Å². The number of aromatic carboxylic acids is 1. The van der Waals surface area contributed by atoms with Gasteiger partial charge in [-0.3, -0.25) is 0 Å². The van der Waals surface area contributed by atoms with E-state index in [1.165, 1.54) is 6.07 Å². The summed E-state index contributed by atoms with van der Waals surface area (Å²) < 4.78 is 0. The van der Waals surface area contributed by atoms with Crippen LogP contribution in [0.15, 0.2) is 18.2 Å². The number of carboxylic acids is 1. The Balaban J connectivity index is 2.72. The van der Waals surface area contributed by atoms with E-state index in [2.05, 4.69) is 10.3 Å². The Morgan fingerprint density at radius 3 is 2.65 bits per heavy atom. The lowest BCUT2D eigenvalue weighted by Crippen LogP contribution is -2.38. The van der Waals surface area contributed by atoms with E-state index in [1.54, 1.807) is 12.1 Å². The molecular weight excluding hydrogens is 220 g/mol. The Labute approximate surface area is 101 Å². The second-order valence-electron chi connectivity index (χ2n) is 4.90. The highest BCUT2D eigenvalue weighted by molar-refractivity contribution is 5.85. The number of carbonyl (C=O) groups is 1. The fourth-order valence-electron chi connectivity index (χ4n) is 1.26. The zero-order valence-corrected chi connectivity index (χ0v) is 10.3. The summed E-state index contributed by atoms with van der Waals surface area (Å²) in [5.41, 5.74) is 0.199. The average Bonchev–Trinajstić information content (AvgIpc) is 2.25. The number of rotatable bonds is 4. The van der Waals surface area contributed by atoms with Crippen molar-refractivity contribution in [2.45, 2.75) is 32.4 Å². The van der Waals surface area contributed by atoms with Gasteiger partial charge >= 0.3 is 5.97 Å². The Morgan fingerprint density at radius 2 is 2.12 bits per heavy atom. The van der Waals surface area contributed by atoms with Gasteiger partial charge < -0.3 is 15.5 Å².